The Morgan fingerprint density at radius 1 is 1.18 bits per heavy atom. The van der Waals surface area contributed by atoms with Gasteiger partial charge in [-0.1, -0.05) is 0 Å². The van der Waals surface area contributed by atoms with Crippen LogP contribution in [-0.2, 0) is 29.9 Å². The highest BCUT2D eigenvalue weighted by Gasteiger charge is 2.49. The number of benzene rings is 1. The van der Waals surface area contributed by atoms with Gasteiger partial charge in [-0.05, 0) is 37.5 Å². The standard InChI is InChI=1S/C20H22O7S/c1-11-10-13(18(23)16-14(21)4-3-5-15(16)22)12(2)17-19(11)28(24,25)9-6-20(17)26-7-8-27-20/h10,21H,3-9H2,1-2H3. The van der Waals surface area contributed by atoms with Crippen LogP contribution in [0.25, 0.3) is 0 Å². The zero-order valence-corrected chi connectivity index (χ0v) is 16.6. The Labute approximate surface area is 163 Å². The van der Waals surface area contributed by atoms with Crippen LogP contribution in [-0.4, -0.2) is 44.1 Å². The van der Waals surface area contributed by atoms with E-state index in [4.69, 9.17) is 9.47 Å². The van der Waals surface area contributed by atoms with Gasteiger partial charge in [0.15, 0.2) is 27.2 Å². The van der Waals surface area contributed by atoms with Crippen molar-refractivity contribution in [1.82, 2.24) is 0 Å². The van der Waals surface area contributed by atoms with E-state index >= 15 is 0 Å². The molecule has 3 aliphatic rings. The minimum Gasteiger partial charge on any atom is -0.511 e. The average Bonchev–Trinajstić information content (AvgIpc) is 3.09. The molecule has 1 aromatic carbocycles. The monoisotopic (exact) mass is 406 g/mol. The average molecular weight is 406 g/mol. The number of sulfone groups is 1. The lowest BCUT2D eigenvalue weighted by Crippen LogP contribution is -2.38. The molecule has 1 fully saturated rings. The Bertz CT molecular complexity index is 1030. The van der Waals surface area contributed by atoms with Crippen LogP contribution < -0.4 is 0 Å². The van der Waals surface area contributed by atoms with Crippen LogP contribution >= 0.6 is 0 Å². The minimum atomic E-state index is -3.55. The summed E-state index contributed by atoms with van der Waals surface area (Å²) in [6, 6.07) is 1.49. The lowest BCUT2D eigenvalue weighted by molar-refractivity contribution is -0.170. The van der Waals surface area contributed by atoms with Gasteiger partial charge < -0.3 is 14.6 Å². The number of fused-ring (bicyclic) bond motifs is 2. The quantitative estimate of drug-likeness (QED) is 0.594. The lowest BCUT2D eigenvalue weighted by Gasteiger charge is -2.36. The molecule has 0 amide bonds. The number of hydrogen-bond acceptors (Lipinski definition) is 7. The highest BCUT2D eigenvalue weighted by Crippen LogP contribution is 2.47. The molecule has 0 atom stereocenters. The summed E-state index contributed by atoms with van der Waals surface area (Å²) in [5.74, 6) is -2.47. The maximum atomic E-state index is 13.2. The number of rotatable bonds is 2. The number of ketones is 2. The molecule has 2 heterocycles. The van der Waals surface area contributed by atoms with E-state index in [-0.39, 0.29) is 52.6 Å². The van der Waals surface area contributed by atoms with E-state index in [1.165, 1.54) is 6.07 Å². The highest BCUT2D eigenvalue weighted by molar-refractivity contribution is 7.91. The van der Waals surface area contributed by atoms with Crippen LogP contribution in [0.2, 0.25) is 0 Å². The first-order valence-electron chi connectivity index (χ1n) is 9.33. The molecule has 4 rings (SSSR count). The van der Waals surface area contributed by atoms with Crippen molar-refractivity contribution in [1.29, 1.82) is 0 Å². The van der Waals surface area contributed by atoms with Gasteiger partial charge in [0.05, 0.1) is 23.9 Å². The molecule has 0 unspecified atom stereocenters. The molecule has 7 nitrogen and oxygen atoms in total. The van der Waals surface area contributed by atoms with Crippen LogP contribution in [0.3, 0.4) is 0 Å². The summed E-state index contributed by atoms with van der Waals surface area (Å²) < 4.78 is 37.2. The number of allylic oxidation sites excluding steroid dienone is 2. The second kappa shape index (κ2) is 6.50. The van der Waals surface area contributed by atoms with E-state index < -0.39 is 21.4 Å². The fourth-order valence-electron chi connectivity index (χ4n) is 4.45. The summed E-state index contributed by atoms with van der Waals surface area (Å²) in [6.45, 7) is 3.93. The number of carbonyl (C=O) groups excluding carboxylic acids is 2. The second-order valence-electron chi connectivity index (χ2n) is 7.52. The molecule has 0 bridgehead atoms. The third-order valence-electron chi connectivity index (χ3n) is 5.73. The fraction of sp³-hybridized carbons (Fsp3) is 0.500. The van der Waals surface area contributed by atoms with E-state index in [0.29, 0.717) is 36.3 Å². The van der Waals surface area contributed by atoms with Gasteiger partial charge >= 0.3 is 0 Å². The summed E-state index contributed by atoms with van der Waals surface area (Å²) in [6.07, 6.45) is 1.14. The summed E-state index contributed by atoms with van der Waals surface area (Å²) in [4.78, 5) is 25.6. The Kier molecular flexibility index (Phi) is 4.48. The second-order valence-corrected chi connectivity index (χ2v) is 9.56. The third-order valence-corrected chi connectivity index (χ3v) is 7.62. The van der Waals surface area contributed by atoms with Gasteiger partial charge in [-0.3, -0.25) is 9.59 Å². The van der Waals surface area contributed by atoms with E-state index in [2.05, 4.69) is 0 Å². The van der Waals surface area contributed by atoms with Gasteiger partial charge in [-0.2, -0.15) is 0 Å². The first-order chi connectivity index (χ1) is 13.2. The third kappa shape index (κ3) is 2.74. The Hall–Kier alpha value is -2.03. The van der Waals surface area contributed by atoms with Crippen molar-refractivity contribution < 1.29 is 32.6 Å². The molecule has 0 radical (unpaired) electrons. The van der Waals surface area contributed by atoms with Gasteiger partial charge in [-0.25, -0.2) is 8.42 Å². The molecule has 1 aromatic rings. The topological polar surface area (TPSA) is 107 Å². The summed E-state index contributed by atoms with van der Waals surface area (Å²) >= 11 is 0. The van der Waals surface area contributed by atoms with Gasteiger partial charge in [0.25, 0.3) is 0 Å². The smallest absolute Gasteiger partial charge is 0.200 e. The Morgan fingerprint density at radius 3 is 2.50 bits per heavy atom. The molecule has 2 aliphatic heterocycles. The van der Waals surface area contributed by atoms with Crippen LogP contribution in [0.1, 0.15) is 52.7 Å². The predicted octanol–water partition coefficient (Wildman–Crippen LogP) is 2.43. The number of aliphatic hydroxyl groups is 1. The first-order valence-corrected chi connectivity index (χ1v) is 11.0. The fourth-order valence-corrected chi connectivity index (χ4v) is 6.36. The maximum absolute atomic E-state index is 13.2. The molecule has 1 spiro atoms. The van der Waals surface area contributed by atoms with Gasteiger partial charge in [0, 0.05) is 30.4 Å². The Balaban J connectivity index is 1.97. The first kappa shape index (κ1) is 19.3. The lowest BCUT2D eigenvalue weighted by atomic mass is 9.85. The molecule has 1 N–H and O–H groups in total. The van der Waals surface area contributed by atoms with Gasteiger partial charge in [-0.15, -0.1) is 0 Å². The SMILES string of the molecule is Cc1cc(C(=O)C2=C(O)CCCC2=O)c(C)c2c1S(=O)(=O)CCC21OCCO1. The largest absolute Gasteiger partial charge is 0.511 e. The molecular weight excluding hydrogens is 384 g/mol. The number of Topliss-reactive ketones (excluding diaryl/α,β-unsaturated/α-hetero) is 2. The van der Waals surface area contributed by atoms with Crippen LogP contribution in [0.15, 0.2) is 22.3 Å². The van der Waals surface area contributed by atoms with Gasteiger partial charge in [0.2, 0.25) is 0 Å². The van der Waals surface area contributed by atoms with E-state index in [9.17, 15) is 23.1 Å². The van der Waals surface area contributed by atoms with Crippen molar-refractivity contribution in [2.75, 3.05) is 19.0 Å². The molecule has 0 saturated carbocycles. The summed E-state index contributed by atoms with van der Waals surface area (Å²) in [5.41, 5.74) is 1.17. The maximum Gasteiger partial charge on any atom is 0.200 e. The van der Waals surface area contributed by atoms with Crippen molar-refractivity contribution in [3.05, 3.63) is 39.7 Å². The van der Waals surface area contributed by atoms with Gasteiger partial charge in [0.1, 0.15) is 11.3 Å². The molecule has 0 aromatic heterocycles. The molecule has 8 heteroatoms. The number of aliphatic hydroxyl groups excluding tert-OH is 1. The molecular formula is C20H22O7S. The predicted molar refractivity (Wildman–Crippen MR) is 99.0 cm³/mol. The van der Waals surface area contributed by atoms with E-state index in [1.54, 1.807) is 13.8 Å². The highest BCUT2D eigenvalue weighted by atomic mass is 32.2. The number of ether oxygens (including phenoxy) is 2. The number of hydrogen-bond donors (Lipinski definition) is 1. The summed E-state index contributed by atoms with van der Waals surface area (Å²) in [7, 11) is -3.55. The van der Waals surface area contributed by atoms with Crippen molar-refractivity contribution in [2.45, 2.75) is 50.2 Å². The zero-order valence-electron chi connectivity index (χ0n) is 15.8. The van der Waals surface area contributed by atoms with E-state index in [0.717, 1.165) is 0 Å². The molecule has 150 valence electrons. The molecule has 1 aliphatic carbocycles. The van der Waals surface area contributed by atoms with Crippen LogP contribution in [0.4, 0.5) is 0 Å². The number of aryl methyl sites for hydroxylation is 1. The normalized spacial score (nSPS) is 23.1. The summed E-state index contributed by atoms with van der Waals surface area (Å²) in [5, 5.41) is 10.2. The zero-order chi connectivity index (χ0) is 20.3. The van der Waals surface area contributed by atoms with E-state index in [1.807, 2.05) is 0 Å². The number of carbonyl (C=O) groups is 2. The van der Waals surface area contributed by atoms with Crippen LogP contribution in [0.5, 0.6) is 0 Å². The van der Waals surface area contributed by atoms with Crippen molar-refractivity contribution >= 4 is 21.4 Å². The Morgan fingerprint density at radius 2 is 1.86 bits per heavy atom. The van der Waals surface area contributed by atoms with Crippen molar-refractivity contribution in [3.8, 4) is 0 Å². The molecule has 1 saturated heterocycles. The minimum absolute atomic E-state index is 0.0992. The molecule has 28 heavy (non-hydrogen) atoms. The van der Waals surface area contributed by atoms with Crippen molar-refractivity contribution in [2.24, 2.45) is 0 Å². The van der Waals surface area contributed by atoms with Crippen LogP contribution in [0, 0.1) is 13.8 Å². The van der Waals surface area contributed by atoms with Crippen molar-refractivity contribution in [3.63, 3.8) is 0 Å².